The summed E-state index contributed by atoms with van der Waals surface area (Å²) in [5.74, 6) is -34.5. The summed E-state index contributed by atoms with van der Waals surface area (Å²) < 4.78 is 146. The normalized spacial score (nSPS) is 31.7. The highest BCUT2D eigenvalue weighted by atomic mass is 28.3. The van der Waals surface area contributed by atoms with Gasteiger partial charge in [-0.3, -0.25) is 0 Å². The van der Waals surface area contributed by atoms with Crippen molar-refractivity contribution in [1.29, 1.82) is 0 Å². The fraction of sp³-hybridized carbons (Fsp3) is 1.00. The maximum atomic E-state index is 14.2. The van der Waals surface area contributed by atoms with Gasteiger partial charge in [0.1, 0.15) is 8.07 Å². The molecule has 0 aromatic heterocycles. The van der Waals surface area contributed by atoms with Crippen LogP contribution in [0.3, 0.4) is 0 Å². The molecule has 1 aliphatic rings. The highest BCUT2D eigenvalue weighted by Crippen LogP contribution is 2.71. The van der Waals surface area contributed by atoms with Gasteiger partial charge in [-0.1, -0.05) is 19.6 Å². The van der Waals surface area contributed by atoms with Crippen molar-refractivity contribution < 1.29 is 48.3 Å². The Balaban J connectivity index is 3.93. The first-order chi connectivity index (χ1) is 8.75. The molecule has 21 heavy (non-hydrogen) atoms. The minimum absolute atomic E-state index is 0.338. The topological polar surface area (TPSA) is 0 Å². The smallest absolute Gasteiger partial charge is 0.234 e. The van der Waals surface area contributed by atoms with Crippen molar-refractivity contribution >= 4 is 8.07 Å². The molecule has 0 atom stereocenters. The SMILES string of the molecule is C[Si](C)(C)C1(F)C(F)(F)C(F)(F)C(F)(F)C(F)(F)C1(F)F. The molecule has 0 unspecified atom stereocenters. The zero-order valence-corrected chi connectivity index (χ0v) is 11.7. The molecule has 126 valence electrons. The maximum Gasteiger partial charge on any atom is 0.384 e. The van der Waals surface area contributed by atoms with Gasteiger partial charge < -0.3 is 0 Å². The number of hydrogen-bond acceptors (Lipinski definition) is 0. The van der Waals surface area contributed by atoms with Gasteiger partial charge in [0.05, 0.1) is 0 Å². The van der Waals surface area contributed by atoms with E-state index in [0.29, 0.717) is 19.6 Å². The van der Waals surface area contributed by atoms with Crippen LogP contribution < -0.4 is 0 Å². The third-order valence-electron chi connectivity index (χ3n) is 3.48. The monoisotopic (exact) mass is 354 g/mol. The summed E-state index contributed by atoms with van der Waals surface area (Å²) >= 11 is 0. The van der Waals surface area contributed by atoms with Gasteiger partial charge in [0, 0.05) is 0 Å². The second-order valence-corrected chi connectivity index (χ2v) is 11.0. The lowest BCUT2D eigenvalue weighted by atomic mass is 9.80. The minimum Gasteiger partial charge on any atom is -0.234 e. The van der Waals surface area contributed by atoms with Gasteiger partial charge in [-0.05, 0) is 0 Å². The molecule has 1 saturated carbocycles. The second kappa shape index (κ2) is 3.85. The van der Waals surface area contributed by atoms with E-state index in [1.807, 2.05) is 0 Å². The van der Waals surface area contributed by atoms with Crippen LogP contribution in [0.5, 0.6) is 0 Å². The Hall–Kier alpha value is -0.553. The van der Waals surface area contributed by atoms with Crippen molar-refractivity contribution in [3.05, 3.63) is 0 Å². The second-order valence-electron chi connectivity index (χ2n) is 5.78. The Morgan fingerprint density at radius 1 is 0.429 bits per heavy atom. The van der Waals surface area contributed by atoms with Crippen LogP contribution in [0, 0.1) is 0 Å². The van der Waals surface area contributed by atoms with Crippen LogP contribution in [0.4, 0.5) is 48.3 Å². The Morgan fingerprint density at radius 3 is 0.810 bits per heavy atom. The van der Waals surface area contributed by atoms with E-state index in [-0.39, 0.29) is 0 Å². The summed E-state index contributed by atoms with van der Waals surface area (Å²) in [6, 6.07) is 0. The third-order valence-corrected chi connectivity index (χ3v) is 6.17. The maximum absolute atomic E-state index is 14.2. The van der Waals surface area contributed by atoms with Crippen molar-refractivity contribution in [2.45, 2.75) is 54.5 Å². The van der Waals surface area contributed by atoms with Gasteiger partial charge in [-0.25, -0.2) is 4.39 Å². The zero-order chi connectivity index (χ0) is 17.5. The first kappa shape index (κ1) is 18.5. The molecule has 0 heterocycles. The van der Waals surface area contributed by atoms with Gasteiger partial charge in [-0.15, -0.1) is 0 Å². The molecule has 1 rings (SSSR count). The fourth-order valence-corrected chi connectivity index (χ4v) is 4.36. The van der Waals surface area contributed by atoms with Crippen molar-refractivity contribution in [3.8, 4) is 0 Å². The van der Waals surface area contributed by atoms with E-state index < -0.39 is 43.0 Å². The van der Waals surface area contributed by atoms with Crippen LogP contribution in [-0.4, -0.2) is 43.0 Å². The van der Waals surface area contributed by atoms with Crippen LogP contribution in [0.1, 0.15) is 0 Å². The first-order valence-corrected chi connectivity index (χ1v) is 8.83. The van der Waals surface area contributed by atoms with E-state index in [9.17, 15) is 48.3 Å². The minimum atomic E-state index is -7.12. The fourth-order valence-electron chi connectivity index (χ4n) is 2.16. The highest BCUT2D eigenvalue weighted by molar-refractivity contribution is 6.79. The van der Waals surface area contributed by atoms with E-state index in [4.69, 9.17) is 0 Å². The number of alkyl halides is 11. The molecule has 0 bridgehead atoms. The summed E-state index contributed by atoms with van der Waals surface area (Å²) in [5, 5.41) is -5.78. The predicted octanol–water partition coefficient (Wildman–Crippen LogP) is 4.76. The van der Waals surface area contributed by atoms with Gasteiger partial charge >= 0.3 is 29.6 Å². The summed E-state index contributed by atoms with van der Waals surface area (Å²) in [5.41, 5.74) is 0. The molecule has 0 aromatic carbocycles. The van der Waals surface area contributed by atoms with E-state index in [2.05, 4.69) is 0 Å². The average Bonchev–Trinajstić information content (AvgIpc) is 2.23. The van der Waals surface area contributed by atoms with Crippen molar-refractivity contribution in [3.63, 3.8) is 0 Å². The van der Waals surface area contributed by atoms with E-state index in [0.717, 1.165) is 0 Å². The summed E-state index contributed by atoms with van der Waals surface area (Å²) in [6.07, 6.45) is 0. The zero-order valence-electron chi connectivity index (χ0n) is 10.7. The first-order valence-electron chi connectivity index (χ1n) is 5.33. The molecule has 0 amide bonds. The van der Waals surface area contributed by atoms with Crippen LogP contribution in [-0.2, 0) is 0 Å². The largest absolute Gasteiger partial charge is 0.384 e. The number of rotatable bonds is 1. The Kier molecular flexibility index (Phi) is 3.39. The third kappa shape index (κ3) is 1.52. The number of hydrogen-bond donors (Lipinski definition) is 0. The number of halogens is 11. The Labute approximate surface area is 112 Å². The molecule has 0 aromatic rings. The standard InChI is InChI=1S/C9H9F11Si/c1-21(2,3)9(20)7(16,17)5(12,13)4(10,11)6(14,15)8(9,18)19/h1-3H3. The van der Waals surface area contributed by atoms with Gasteiger partial charge in [0.2, 0.25) is 5.29 Å². The van der Waals surface area contributed by atoms with Gasteiger partial charge in [-0.2, -0.15) is 43.9 Å². The average molecular weight is 354 g/mol. The van der Waals surface area contributed by atoms with E-state index >= 15 is 0 Å². The summed E-state index contributed by atoms with van der Waals surface area (Å²) in [7, 11) is -4.85. The quantitative estimate of drug-likeness (QED) is 0.470. The molecular formula is C9H9F11Si. The molecular weight excluding hydrogens is 345 g/mol. The molecule has 0 saturated heterocycles. The molecule has 12 heteroatoms. The van der Waals surface area contributed by atoms with Crippen molar-refractivity contribution in [1.82, 2.24) is 0 Å². The molecule has 1 fully saturated rings. The van der Waals surface area contributed by atoms with Crippen LogP contribution in [0.2, 0.25) is 19.6 Å². The molecule has 0 radical (unpaired) electrons. The lowest BCUT2D eigenvalue weighted by molar-refractivity contribution is -0.472. The molecule has 0 N–H and O–H groups in total. The van der Waals surface area contributed by atoms with Crippen molar-refractivity contribution in [2.75, 3.05) is 0 Å². The van der Waals surface area contributed by atoms with Crippen LogP contribution in [0.25, 0.3) is 0 Å². The summed E-state index contributed by atoms with van der Waals surface area (Å²) in [4.78, 5) is 0. The Bertz CT molecular complexity index is 417. The van der Waals surface area contributed by atoms with E-state index in [1.54, 1.807) is 0 Å². The summed E-state index contributed by atoms with van der Waals surface area (Å²) in [6.45, 7) is 1.01. The molecule has 0 nitrogen and oxygen atoms in total. The van der Waals surface area contributed by atoms with E-state index in [1.165, 1.54) is 0 Å². The van der Waals surface area contributed by atoms with Gasteiger partial charge in [0.15, 0.2) is 0 Å². The van der Waals surface area contributed by atoms with Crippen LogP contribution >= 0.6 is 0 Å². The predicted molar refractivity (Wildman–Crippen MR) is 51.9 cm³/mol. The molecule has 0 aliphatic heterocycles. The lowest BCUT2D eigenvalue weighted by Crippen LogP contribution is -2.88. The van der Waals surface area contributed by atoms with Gasteiger partial charge in [0.25, 0.3) is 0 Å². The van der Waals surface area contributed by atoms with Crippen LogP contribution in [0.15, 0.2) is 0 Å². The molecule has 1 aliphatic carbocycles. The molecule has 0 spiro atoms. The Morgan fingerprint density at radius 2 is 0.619 bits per heavy atom. The van der Waals surface area contributed by atoms with Crippen molar-refractivity contribution in [2.24, 2.45) is 0 Å². The lowest BCUT2D eigenvalue weighted by Gasteiger charge is -2.56. The highest BCUT2D eigenvalue weighted by Gasteiger charge is 3.02.